The van der Waals surface area contributed by atoms with Crippen LogP contribution in [0, 0.1) is 13.8 Å². The van der Waals surface area contributed by atoms with Gasteiger partial charge in [-0.3, -0.25) is 0 Å². The first kappa shape index (κ1) is 13.3. The van der Waals surface area contributed by atoms with Gasteiger partial charge in [0.1, 0.15) is 18.0 Å². The molecule has 0 saturated heterocycles. The summed E-state index contributed by atoms with van der Waals surface area (Å²) in [6, 6.07) is 8.62. The Kier molecular flexibility index (Phi) is 4.00. The zero-order valence-electron chi connectivity index (χ0n) is 11.9. The van der Waals surface area contributed by atoms with Crippen LogP contribution in [0.25, 0.3) is 0 Å². The van der Waals surface area contributed by atoms with Crippen molar-refractivity contribution in [3.8, 4) is 0 Å². The topological polar surface area (TPSA) is 49.8 Å². The zero-order valence-corrected chi connectivity index (χ0v) is 11.9. The van der Waals surface area contributed by atoms with Gasteiger partial charge >= 0.3 is 0 Å². The zero-order chi connectivity index (χ0) is 13.8. The molecule has 2 rings (SSSR count). The lowest BCUT2D eigenvalue weighted by molar-refractivity contribution is 0.886. The number of benzene rings is 1. The van der Waals surface area contributed by atoms with Crippen molar-refractivity contribution in [2.45, 2.75) is 33.7 Å². The van der Waals surface area contributed by atoms with Crippen LogP contribution in [-0.2, 0) is 0 Å². The molecular formula is C15H20N4. The third-order valence-corrected chi connectivity index (χ3v) is 2.60. The number of rotatable bonds is 4. The molecule has 1 aromatic heterocycles. The Morgan fingerprint density at radius 3 is 2.16 bits per heavy atom. The molecule has 100 valence electrons. The number of aromatic nitrogens is 2. The van der Waals surface area contributed by atoms with Gasteiger partial charge in [0, 0.05) is 17.8 Å². The van der Waals surface area contributed by atoms with Gasteiger partial charge in [0.05, 0.1) is 0 Å². The van der Waals surface area contributed by atoms with Gasteiger partial charge in [0.2, 0.25) is 0 Å². The fourth-order valence-corrected chi connectivity index (χ4v) is 2.00. The van der Waals surface area contributed by atoms with Gasteiger partial charge in [-0.1, -0.05) is 6.07 Å². The third kappa shape index (κ3) is 3.95. The second-order valence-corrected chi connectivity index (χ2v) is 5.09. The van der Waals surface area contributed by atoms with Gasteiger partial charge in [-0.25, -0.2) is 9.97 Å². The molecule has 0 unspecified atom stereocenters. The maximum atomic E-state index is 4.24. The highest BCUT2D eigenvalue weighted by molar-refractivity contribution is 5.60. The van der Waals surface area contributed by atoms with Gasteiger partial charge in [-0.15, -0.1) is 0 Å². The number of anilines is 3. The Morgan fingerprint density at radius 2 is 1.53 bits per heavy atom. The molecule has 19 heavy (non-hydrogen) atoms. The second kappa shape index (κ2) is 5.69. The van der Waals surface area contributed by atoms with E-state index >= 15 is 0 Å². The van der Waals surface area contributed by atoms with Crippen molar-refractivity contribution < 1.29 is 0 Å². The molecule has 0 spiro atoms. The molecule has 4 nitrogen and oxygen atoms in total. The summed E-state index contributed by atoms with van der Waals surface area (Å²) in [6.45, 7) is 8.34. The van der Waals surface area contributed by atoms with Crippen LogP contribution in [0.15, 0.2) is 30.6 Å². The van der Waals surface area contributed by atoms with Gasteiger partial charge in [-0.05, 0) is 51.0 Å². The van der Waals surface area contributed by atoms with Crippen molar-refractivity contribution in [1.82, 2.24) is 9.97 Å². The van der Waals surface area contributed by atoms with E-state index in [2.05, 4.69) is 66.5 Å². The normalized spacial score (nSPS) is 10.6. The molecule has 0 saturated carbocycles. The molecule has 0 fully saturated rings. The maximum absolute atomic E-state index is 4.24. The molecule has 0 aliphatic rings. The van der Waals surface area contributed by atoms with E-state index < -0.39 is 0 Å². The Bertz CT molecular complexity index is 544. The Balaban J connectivity index is 2.18. The fourth-order valence-electron chi connectivity index (χ4n) is 2.00. The van der Waals surface area contributed by atoms with Gasteiger partial charge in [0.25, 0.3) is 0 Å². The Hall–Kier alpha value is -2.10. The highest BCUT2D eigenvalue weighted by Gasteiger charge is 2.02. The molecular weight excluding hydrogens is 236 g/mol. The number of nitrogens with zero attached hydrogens (tertiary/aromatic N) is 2. The molecule has 0 aliphatic carbocycles. The minimum Gasteiger partial charge on any atom is -0.368 e. The van der Waals surface area contributed by atoms with Crippen LogP contribution in [0.5, 0.6) is 0 Å². The first-order valence-electron chi connectivity index (χ1n) is 6.47. The average Bonchev–Trinajstić information content (AvgIpc) is 2.26. The molecule has 2 aromatic rings. The molecule has 1 aromatic carbocycles. The largest absolute Gasteiger partial charge is 0.368 e. The van der Waals surface area contributed by atoms with Gasteiger partial charge in [0.15, 0.2) is 0 Å². The number of nitrogens with one attached hydrogen (secondary N) is 2. The highest BCUT2D eigenvalue weighted by atomic mass is 15.1. The van der Waals surface area contributed by atoms with Gasteiger partial charge in [-0.2, -0.15) is 0 Å². The Morgan fingerprint density at radius 1 is 0.895 bits per heavy atom. The van der Waals surface area contributed by atoms with Gasteiger partial charge < -0.3 is 10.6 Å². The quantitative estimate of drug-likeness (QED) is 0.876. The van der Waals surface area contributed by atoms with Crippen LogP contribution in [-0.4, -0.2) is 16.0 Å². The molecule has 0 bridgehead atoms. The van der Waals surface area contributed by atoms with Crippen molar-refractivity contribution >= 4 is 17.3 Å². The van der Waals surface area contributed by atoms with Crippen LogP contribution >= 0.6 is 0 Å². The second-order valence-electron chi connectivity index (χ2n) is 5.09. The maximum Gasteiger partial charge on any atom is 0.135 e. The Labute approximate surface area is 114 Å². The lowest BCUT2D eigenvalue weighted by atomic mass is 10.1. The average molecular weight is 256 g/mol. The summed E-state index contributed by atoms with van der Waals surface area (Å²) in [4.78, 5) is 8.43. The van der Waals surface area contributed by atoms with E-state index in [1.54, 1.807) is 6.33 Å². The summed E-state index contributed by atoms with van der Waals surface area (Å²) >= 11 is 0. The van der Waals surface area contributed by atoms with Crippen LogP contribution in [0.1, 0.15) is 25.0 Å². The number of aryl methyl sites for hydroxylation is 2. The van der Waals surface area contributed by atoms with Crippen molar-refractivity contribution in [2.24, 2.45) is 0 Å². The summed E-state index contributed by atoms with van der Waals surface area (Å²) in [5, 5.41) is 6.57. The minimum absolute atomic E-state index is 0.351. The monoisotopic (exact) mass is 256 g/mol. The minimum atomic E-state index is 0.351. The van der Waals surface area contributed by atoms with Crippen LogP contribution in [0.4, 0.5) is 17.3 Å². The summed E-state index contributed by atoms with van der Waals surface area (Å²) in [6.07, 6.45) is 1.57. The van der Waals surface area contributed by atoms with Crippen LogP contribution < -0.4 is 10.6 Å². The van der Waals surface area contributed by atoms with E-state index in [0.717, 1.165) is 17.3 Å². The molecule has 2 N–H and O–H groups in total. The number of hydrogen-bond acceptors (Lipinski definition) is 4. The molecule has 0 atom stereocenters. The van der Waals surface area contributed by atoms with Crippen LogP contribution in [0.2, 0.25) is 0 Å². The molecule has 0 amide bonds. The summed E-state index contributed by atoms with van der Waals surface area (Å²) < 4.78 is 0. The van der Waals surface area contributed by atoms with Crippen LogP contribution in [0.3, 0.4) is 0 Å². The van der Waals surface area contributed by atoms with Crippen molar-refractivity contribution in [3.05, 3.63) is 41.7 Å². The lowest BCUT2D eigenvalue weighted by Gasteiger charge is -2.11. The lowest BCUT2D eigenvalue weighted by Crippen LogP contribution is -2.11. The van der Waals surface area contributed by atoms with E-state index in [1.807, 2.05) is 6.07 Å². The van der Waals surface area contributed by atoms with Crippen molar-refractivity contribution in [3.63, 3.8) is 0 Å². The predicted octanol–water partition coefficient (Wildman–Crippen LogP) is 3.66. The van der Waals surface area contributed by atoms with E-state index in [4.69, 9.17) is 0 Å². The summed E-state index contributed by atoms with van der Waals surface area (Å²) in [7, 11) is 0. The highest BCUT2D eigenvalue weighted by Crippen LogP contribution is 2.19. The summed E-state index contributed by atoms with van der Waals surface area (Å²) in [5.41, 5.74) is 3.51. The fraction of sp³-hybridized carbons (Fsp3) is 0.333. The standard InChI is InChI=1S/C15H20N4/c1-10(2)18-14-8-15(17-9-16-14)19-13-6-11(3)5-12(4)7-13/h5-10H,1-4H3,(H2,16,17,18,19). The van der Waals surface area contributed by atoms with Crippen molar-refractivity contribution in [1.29, 1.82) is 0 Å². The first-order chi connectivity index (χ1) is 9.02. The third-order valence-electron chi connectivity index (χ3n) is 2.60. The molecule has 0 aliphatic heterocycles. The molecule has 4 heteroatoms. The number of hydrogen-bond donors (Lipinski definition) is 2. The van der Waals surface area contributed by atoms with E-state index in [9.17, 15) is 0 Å². The first-order valence-corrected chi connectivity index (χ1v) is 6.47. The SMILES string of the molecule is Cc1cc(C)cc(Nc2cc(NC(C)C)ncn2)c1. The molecule has 0 radical (unpaired) electrons. The molecule has 1 heterocycles. The smallest absolute Gasteiger partial charge is 0.135 e. The van der Waals surface area contributed by atoms with E-state index in [0.29, 0.717) is 6.04 Å². The van der Waals surface area contributed by atoms with Crippen molar-refractivity contribution in [2.75, 3.05) is 10.6 Å². The predicted molar refractivity (Wildman–Crippen MR) is 80.0 cm³/mol. The summed E-state index contributed by atoms with van der Waals surface area (Å²) in [5.74, 6) is 1.63. The van der Waals surface area contributed by atoms with E-state index in [-0.39, 0.29) is 0 Å². The van der Waals surface area contributed by atoms with E-state index in [1.165, 1.54) is 11.1 Å².